The lowest BCUT2D eigenvalue weighted by molar-refractivity contribution is -0.126. The quantitative estimate of drug-likeness (QED) is 0.909. The molecule has 0 aromatic carbocycles. The number of rotatable bonds is 5. The maximum absolute atomic E-state index is 12.5. The molecule has 1 N–H and O–H groups in total. The number of hydrogen-bond acceptors (Lipinski definition) is 3. The first-order chi connectivity index (χ1) is 10.8. The molecule has 0 bridgehead atoms. The molecule has 5 heteroatoms. The monoisotopic (exact) mass is 305 g/mol. The molecule has 2 aliphatic carbocycles. The second kappa shape index (κ2) is 7.27. The Morgan fingerprint density at radius 1 is 1.32 bits per heavy atom. The molecule has 0 spiro atoms. The van der Waals surface area contributed by atoms with Gasteiger partial charge in [0.05, 0.1) is 24.9 Å². The van der Waals surface area contributed by atoms with Crippen LogP contribution in [0.3, 0.4) is 0 Å². The van der Waals surface area contributed by atoms with Crippen molar-refractivity contribution in [2.24, 2.45) is 5.92 Å². The Labute approximate surface area is 132 Å². The van der Waals surface area contributed by atoms with Crippen LogP contribution < -0.4 is 5.32 Å². The summed E-state index contributed by atoms with van der Waals surface area (Å²) in [6.45, 7) is 1.44. The summed E-state index contributed by atoms with van der Waals surface area (Å²) in [7, 11) is 1.70. The van der Waals surface area contributed by atoms with E-state index in [9.17, 15) is 4.79 Å². The Kier molecular flexibility index (Phi) is 5.13. The molecule has 0 saturated heterocycles. The van der Waals surface area contributed by atoms with Crippen molar-refractivity contribution in [1.29, 1.82) is 0 Å². The Bertz CT molecular complexity index is 506. The van der Waals surface area contributed by atoms with Gasteiger partial charge >= 0.3 is 0 Å². The highest BCUT2D eigenvalue weighted by molar-refractivity contribution is 5.79. The third-order valence-corrected chi connectivity index (χ3v) is 4.96. The average molecular weight is 305 g/mol. The van der Waals surface area contributed by atoms with E-state index in [4.69, 9.17) is 4.74 Å². The summed E-state index contributed by atoms with van der Waals surface area (Å²) >= 11 is 0. The van der Waals surface area contributed by atoms with Gasteiger partial charge < -0.3 is 10.1 Å². The summed E-state index contributed by atoms with van der Waals surface area (Å²) in [4.78, 5) is 12.5. The van der Waals surface area contributed by atoms with Crippen LogP contribution in [0.2, 0.25) is 0 Å². The Hall–Kier alpha value is -1.36. The summed E-state index contributed by atoms with van der Waals surface area (Å²) < 4.78 is 7.08. The molecule has 22 heavy (non-hydrogen) atoms. The van der Waals surface area contributed by atoms with Gasteiger partial charge in [-0.05, 0) is 37.7 Å². The van der Waals surface area contributed by atoms with E-state index in [0.29, 0.717) is 6.61 Å². The van der Waals surface area contributed by atoms with Gasteiger partial charge in [0, 0.05) is 19.2 Å². The number of amides is 1. The van der Waals surface area contributed by atoms with Gasteiger partial charge in [-0.15, -0.1) is 0 Å². The fraction of sp³-hybridized carbons (Fsp3) is 0.765. The van der Waals surface area contributed by atoms with Crippen molar-refractivity contribution in [1.82, 2.24) is 15.1 Å². The van der Waals surface area contributed by atoms with Gasteiger partial charge in [-0.2, -0.15) is 5.10 Å². The van der Waals surface area contributed by atoms with Crippen molar-refractivity contribution in [2.75, 3.05) is 13.7 Å². The van der Waals surface area contributed by atoms with Crippen LogP contribution in [0, 0.1) is 5.92 Å². The zero-order valence-electron chi connectivity index (χ0n) is 13.5. The summed E-state index contributed by atoms with van der Waals surface area (Å²) in [5.41, 5.74) is 2.36. The van der Waals surface area contributed by atoms with Crippen LogP contribution in [0.4, 0.5) is 0 Å². The van der Waals surface area contributed by atoms with Gasteiger partial charge in [0.2, 0.25) is 5.91 Å². The van der Waals surface area contributed by atoms with Crippen LogP contribution in [0.5, 0.6) is 0 Å². The van der Waals surface area contributed by atoms with Crippen molar-refractivity contribution in [2.45, 2.75) is 64.0 Å². The van der Waals surface area contributed by atoms with Crippen molar-refractivity contribution in [3.8, 4) is 0 Å². The largest absolute Gasteiger partial charge is 0.383 e. The first-order valence-electron chi connectivity index (χ1n) is 8.63. The van der Waals surface area contributed by atoms with Crippen LogP contribution >= 0.6 is 0 Å². The predicted molar refractivity (Wildman–Crippen MR) is 84.5 cm³/mol. The first kappa shape index (κ1) is 15.5. The highest BCUT2D eigenvalue weighted by Crippen LogP contribution is 2.30. The topological polar surface area (TPSA) is 56.1 Å². The van der Waals surface area contributed by atoms with Crippen molar-refractivity contribution < 1.29 is 9.53 Å². The molecule has 2 aliphatic rings. The third-order valence-electron chi connectivity index (χ3n) is 4.96. The molecular formula is C17H27N3O2. The van der Waals surface area contributed by atoms with Gasteiger partial charge in [0.25, 0.3) is 0 Å². The second-order valence-electron chi connectivity index (χ2n) is 6.58. The summed E-state index contributed by atoms with van der Waals surface area (Å²) in [6.07, 6.45) is 11.1. The molecule has 1 fully saturated rings. The average Bonchev–Trinajstić information content (AvgIpc) is 2.98. The number of carbonyl (C=O) groups is 1. The molecule has 122 valence electrons. The number of aryl methyl sites for hydroxylation is 1. The lowest BCUT2D eigenvalue weighted by Crippen LogP contribution is -2.36. The SMILES string of the molecule is COCCn1cc2c(n1)[C@H](NC(=O)C1CCCCC1)CCC2. The van der Waals surface area contributed by atoms with Gasteiger partial charge in [-0.25, -0.2) is 0 Å². The smallest absolute Gasteiger partial charge is 0.223 e. The van der Waals surface area contributed by atoms with Crippen LogP contribution in [0.1, 0.15) is 62.2 Å². The fourth-order valence-electron chi connectivity index (χ4n) is 3.69. The normalized spacial score (nSPS) is 22.3. The molecule has 0 aliphatic heterocycles. The molecule has 1 atom stereocenters. The third kappa shape index (κ3) is 3.51. The molecule has 1 heterocycles. The highest BCUT2D eigenvalue weighted by atomic mass is 16.5. The van der Waals surface area contributed by atoms with Gasteiger partial charge in [0.1, 0.15) is 0 Å². The fourth-order valence-corrected chi connectivity index (χ4v) is 3.69. The number of methoxy groups -OCH3 is 1. The van der Waals surface area contributed by atoms with E-state index >= 15 is 0 Å². The van der Waals surface area contributed by atoms with Crippen LogP contribution in [0.15, 0.2) is 6.20 Å². The maximum atomic E-state index is 12.5. The van der Waals surface area contributed by atoms with Gasteiger partial charge in [0.15, 0.2) is 0 Å². The van der Waals surface area contributed by atoms with E-state index in [0.717, 1.165) is 44.3 Å². The Morgan fingerprint density at radius 3 is 2.91 bits per heavy atom. The number of nitrogens with one attached hydrogen (secondary N) is 1. The number of hydrogen-bond donors (Lipinski definition) is 1. The molecule has 1 aromatic rings. The minimum atomic E-state index is 0.0990. The van der Waals surface area contributed by atoms with Crippen molar-refractivity contribution in [3.63, 3.8) is 0 Å². The van der Waals surface area contributed by atoms with E-state index in [1.807, 2.05) is 4.68 Å². The summed E-state index contributed by atoms with van der Waals surface area (Å²) in [5.74, 6) is 0.457. The molecule has 0 unspecified atom stereocenters. The van der Waals surface area contributed by atoms with E-state index in [1.165, 1.54) is 24.8 Å². The first-order valence-corrected chi connectivity index (χ1v) is 8.63. The minimum absolute atomic E-state index is 0.0990. The highest BCUT2D eigenvalue weighted by Gasteiger charge is 2.28. The van der Waals surface area contributed by atoms with E-state index in [2.05, 4.69) is 16.6 Å². The summed E-state index contributed by atoms with van der Waals surface area (Å²) in [5, 5.41) is 7.96. The lowest BCUT2D eigenvalue weighted by Gasteiger charge is -2.26. The Morgan fingerprint density at radius 2 is 2.14 bits per heavy atom. The van der Waals surface area contributed by atoms with Gasteiger partial charge in [-0.3, -0.25) is 9.48 Å². The molecule has 5 nitrogen and oxygen atoms in total. The van der Waals surface area contributed by atoms with Crippen LogP contribution in [-0.4, -0.2) is 29.4 Å². The van der Waals surface area contributed by atoms with Crippen molar-refractivity contribution in [3.05, 3.63) is 17.5 Å². The zero-order valence-corrected chi connectivity index (χ0v) is 13.5. The van der Waals surface area contributed by atoms with Crippen LogP contribution in [0.25, 0.3) is 0 Å². The van der Waals surface area contributed by atoms with E-state index in [-0.39, 0.29) is 17.9 Å². The molecule has 1 amide bonds. The Balaban J connectivity index is 1.65. The molecule has 0 radical (unpaired) electrons. The number of fused-ring (bicyclic) bond motifs is 1. The lowest BCUT2D eigenvalue weighted by atomic mass is 9.87. The molecule has 1 aromatic heterocycles. The summed E-state index contributed by atoms with van der Waals surface area (Å²) in [6, 6.07) is 0.0990. The van der Waals surface area contributed by atoms with E-state index in [1.54, 1.807) is 7.11 Å². The van der Waals surface area contributed by atoms with Crippen LogP contribution in [-0.2, 0) is 22.5 Å². The predicted octanol–water partition coefficient (Wildman–Crippen LogP) is 2.60. The molecule has 1 saturated carbocycles. The minimum Gasteiger partial charge on any atom is -0.383 e. The molecule has 3 rings (SSSR count). The number of aromatic nitrogens is 2. The molecular weight excluding hydrogens is 278 g/mol. The zero-order chi connectivity index (χ0) is 15.4. The van der Waals surface area contributed by atoms with Gasteiger partial charge in [-0.1, -0.05) is 19.3 Å². The number of carbonyl (C=O) groups excluding carboxylic acids is 1. The van der Waals surface area contributed by atoms with E-state index < -0.39 is 0 Å². The number of ether oxygens (including phenoxy) is 1. The second-order valence-corrected chi connectivity index (χ2v) is 6.58. The number of nitrogens with zero attached hydrogens (tertiary/aromatic N) is 2. The maximum Gasteiger partial charge on any atom is 0.223 e. The standard InChI is InChI=1S/C17H27N3O2/c1-22-11-10-20-12-14-8-5-9-15(16(14)19-20)18-17(21)13-6-3-2-4-7-13/h12-13,15H,2-11H2,1H3,(H,18,21)/t15-/m1/s1. The van der Waals surface area contributed by atoms with Crippen molar-refractivity contribution >= 4 is 5.91 Å².